The van der Waals surface area contributed by atoms with Crippen molar-refractivity contribution in [2.45, 2.75) is 32.1 Å². The third-order valence-corrected chi connectivity index (χ3v) is 3.12. The highest BCUT2D eigenvalue weighted by molar-refractivity contribution is 5.21. The van der Waals surface area contributed by atoms with Gasteiger partial charge in [-0.15, -0.1) is 0 Å². The first kappa shape index (κ1) is 12.9. The number of aryl methyl sites for hydroxylation is 1. The zero-order valence-corrected chi connectivity index (χ0v) is 10.7. The first-order chi connectivity index (χ1) is 8.36. The van der Waals surface area contributed by atoms with E-state index < -0.39 is 11.3 Å². The number of ether oxygens (including phenoxy) is 2. The molecule has 0 atom stereocenters. The molecule has 0 aliphatic carbocycles. The van der Waals surface area contributed by atoms with E-state index in [0.29, 0.717) is 5.56 Å². The Bertz CT molecular complexity index is 446. The fraction of sp³-hybridized carbons (Fsp3) is 0.583. The molecule has 18 heavy (non-hydrogen) atoms. The lowest BCUT2D eigenvalue weighted by Gasteiger charge is -2.37. The van der Waals surface area contributed by atoms with E-state index in [2.05, 4.69) is 4.98 Å². The number of hydrogen-bond donors (Lipinski definition) is 0. The number of nitrogens with zero attached hydrogens (tertiary/aromatic N) is 2. The molecule has 0 saturated carbocycles. The van der Waals surface area contributed by atoms with Gasteiger partial charge >= 0.3 is 0 Å². The van der Waals surface area contributed by atoms with Crippen LogP contribution in [0.2, 0.25) is 0 Å². The zero-order valence-electron chi connectivity index (χ0n) is 10.7. The van der Waals surface area contributed by atoms with E-state index in [1.807, 2.05) is 6.92 Å². The first-order valence-electron chi connectivity index (χ1n) is 5.71. The summed E-state index contributed by atoms with van der Waals surface area (Å²) in [7, 11) is 0. The van der Waals surface area contributed by atoms with Gasteiger partial charge in [-0.1, -0.05) is 0 Å². The number of rotatable bonds is 2. The van der Waals surface area contributed by atoms with Gasteiger partial charge < -0.3 is 9.47 Å². The van der Waals surface area contributed by atoms with Crippen molar-refractivity contribution >= 4 is 0 Å². The van der Waals surface area contributed by atoms with Crippen molar-refractivity contribution in [3.8, 4) is 0 Å². The molecule has 6 heteroatoms. The summed E-state index contributed by atoms with van der Waals surface area (Å²) in [6.45, 7) is 5.28. The van der Waals surface area contributed by atoms with Gasteiger partial charge in [0.1, 0.15) is 13.2 Å². The minimum atomic E-state index is -1.36. The van der Waals surface area contributed by atoms with Crippen LogP contribution in [-0.4, -0.2) is 28.9 Å². The standard InChI is InChI=1S/C12H16N2O4/c1-9-4-5-10(6-13-9)12(14(15)16)7-17-11(2,3)18-8-12/h4-6H,7-8H2,1-3H3. The molecule has 1 aromatic rings. The van der Waals surface area contributed by atoms with Crippen LogP contribution in [0.15, 0.2) is 18.3 Å². The molecule has 0 aromatic carbocycles. The molecule has 0 radical (unpaired) electrons. The maximum absolute atomic E-state index is 11.4. The van der Waals surface area contributed by atoms with Crippen LogP contribution < -0.4 is 0 Å². The predicted octanol–water partition coefficient (Wildman–Crippen LogP) is 1.64. The normalized spacial score (nSPS) is 21.5. The largest absolute Gasteiger partial charge is 0.343 e. The van der Waals surface area contributed by atoms with Gasteiger partial charge in [-0.2, -0.15) is 0 Å². The minimum absolute atomic E-state index is 0.0161. The smallest absolute Gasteiger partial charge is 0.294 e. The van der Waals surface area contributed by atoms with Gasteiger partial charge in [-0.25, -0.2) is 0 Å². The Hall–Kier alpha value is -1.53. The number of pyridine rings is 1. The molecule has 0 bridgehead atoms. The molecule has 1 aliphatic heterocycles. The van der Waals surface area contributed by atoms with Crippen LogP contribution in [0, 0.1) is 17.0 Å². The number of nitro groups is 1. The van der Waals surface area contributed by atoms with Crippen LogP contribution in [0.5, 0.6) is 0 Å². The second kappa shape index (κ2) is 4.29. The molecular formula is C12H16N2O4. The van der Waals surface area contributed by atoms with E-state index >= 15 is 0 Å². The summed E-state index contributed by atoms with van der Waals surface area (Å²) in [5, 5.41) is 11.4. The summed E-state index contributed by atoms with van der Waals surface area (Å²) in [6.07, 6.45) is 1.52. The summed E-state index contributed by atoms with van der Waals surface area (Å²) in [4.78, 5) is 15.1. The van der Waals surface area contributed by atoms with Crippen LogP contribution in [0.4, 0.5) is 0 Å². The first-order valence-corrected chi connectivity index (χ1v) is 5.71. The SMILES string of the molecule is Cc1ccc(C2([N+](=O)[O-])COC(C)(C)OC2)cn1. The third kappa shape index (κ3) is 2.21. The van der Waals surface area contributed by atoms with Crippen molar-refractivity contribution < 1.29 is 14.4 Å². The monoisotopic (exact) mass is 252 g/mol. The second-order valence-electron chi connectivity index (χ2n) is 4.95. The average molecular weight is 252 g/mol. The molecule has 1 aromatic heterocycles. The van der Waals surface area contributed by atoms with Gasteiger partial charge in [-0.3, -0.25) is 15.1 Å². The summed E-state index contributed by atoms with van der Waals surface area (Å²) >= 11 is 0. The van der Waals surface area contributed by atoms with Gasteiger partial charge in [0.2, 0.25) is 0 Å². The van der Waals surface area contributed by atoms with E-state index in [1.165, 1.54) is 6.20 Å². The van der Waals surface area contributed by atoms with E-state index in [0.717, 1.165) is 5.69 Å². The zero-order chi connectivity index (χ0) is 13.4. The topological polar surface area (TPSA) is 74.5 Å². The number of aromatic nitrogens is 1. The molecule has 0 spiro atoms. The maximum atomic E-state index is 11.4. The van der Waals surface area contributed by atoms with Crippen molar-refractivity contribution in [3.05, 3.63) is 39.7 Å². The van der Waals surface area contributed by atoms with Crippen LogP contribution in [0.25, 0.3) is 0 Å². The highest BCUT2D eigenvalue weighted by Crippen LogP contribution is 2.33. The van der Waals surface area contributed by atoms with Crippen LogP contribution in [-0.2, 0) is 15.0 Å². The van der Waals surface area contributed by atoms with Crippen LogP contribution >= 0.6 is 0 Å². The Morgan fingerprint density at radius 3 is 2.39 bits per heavy atom. The molecule has 0 N–H and O–H groups in total. The molecule has 1 aliphatic rings. The second-order valence-corrected chi connectivity index (χ2v) is 4.95. The summed E-state index contributed by atoms with van der Waals surface area (Å²) in [6, 6.07) is 3.45. The van der Waals surface area contributed by atoms with Crippen LogP contribution in [0.1, 0.15) is 25.1 Å². The molecular weight excluding hydrogens is 236 g/mol. The van der Waals surface area contributed by atoms with Crippen molar-refractivity contribution in [1.82, 2.24) is 4.98 Å². The molecule has 0 unspecified atom stereocenters. The quantitative estimate of drug-likeness (QED) is 0.591. The third-order valence-electron chi connectivity index (χ3n) is 3.12. The summed E-state index contributed by atoms with van der Waals surface area (Å²) in [5.74, 6) is -0.780. The fourth-order valence-corrected chi connectivity index (χ4v) is 1.79. The van der Waals surface area contributed by atoms with E-state index in [1.54, 1.807) is 26.0 Å². The van der Waals surface area contributed by atoms with E-state index in [9.17, 15) is 10.1 Å². The Morgan fingerprint density at radius 2 is 1.94 bits per heavy atom. The molecule has 2 rings (SSSR count). The molecule has 1 fully saturated rings. The molecule has 98 valence electrons. The summed E-state index contributed by atoms with van der Waals surface area (Å²) < 4.78 is 10.9. The van der Waals surface area contributed by atoms with Crippen molar-refractivity contribution in [3.63, 3.8) is 0 Å². The van der Waals surface area contributed by atoms with Crippen molar-refractivity contribution in [2.75, 3.05) is 13.2 Å². The Kier molecular flexibility index (Phi) is 3.08. The van der Waals surface area contributed by atoms with Crippen LogP contribution in [0.3, 0.4) is 0 Å². The maximum Gasteiger partial charge on any atom is 0.294 e. The average Bonchev–Trinajstić information content (AvgIpc) is 2.30. The lowest BCUT2D eigenvalue weighted by Crippen LogP contribution is -2.53. The minimum Gasteiger partial charge on any atom is -0.343 e. The number of hydrogen-bond acceptors (Lipinski definition) is 5. The highest BCUT2D eigenvalue weighted by Gasteiger charge is 2.51. The molecule has 0 amide bonds. The Balaban J connectivity index is 2.34. The van der Waals surface area contributed by atoms with Gasteiger partial charge in [0.05, 0.1) is 5.56 Å². The van der Waals surface area contributed by atoms with Crippen molar-refractivity contribution in [1.29, 1.82) is 0 Å². The lowest BCUT2D eigenvalue weighted by atomic mass is 9.92. The van der Waals surface area contributed by atoms with E-state index in [-0.39, 0.29) is 18.1 Å². The van der Waals surface area contributed by atoms with E-state index in [4.69, 9.17) is 9.47 Å². The summed E-state index contributed by atoms with van der Waals surface area (Å²) in [5.41, 5.74) is -0.0419. The fourth-order valence-electron chi connectivity index (χ4n) is 1.79. The van der Waals surface area contributed by atoms with Gasteiger partial charge in [0, 0.05) is 16.8 Å². The lowest BCUT2D eigenvalue weighted by molar-refractivity contribution is -0.605. The Labute approximate surface area is 105 Å². The van der Waals surface area contributed by atoms with Gasteiger partial charge in [-0.05, 0) is 32.9 Å². The molecule has 1 saturated heterocycles. The van der Waals surface area contributed by atoms with Crippen molar-refractivity contribution in [2.24, 2.45) is 0 Å². The van der Waals surface area contributed by atoms with Gasteiger partial charge in [0.25, 0.3) is 5.54 Å². The highest BCUT2D eigenvalue weighted by atomic mass is 16.7. The van der Waals surface area contributed by atoms with Gasteiger partial charge in [0.15, 0.2) is 5.79 Å². The molecule has 2 heterocycles. The molecule has 6 nitrogen and oxygen atoms in total. The Morgan fingerprint density at radius 1 is 1.33 bits per heavy atom. The predicted molar refractivity (Wildman–Crippen MR) is 63.6 cm³/mol.